The summed E-state index contributed by atoms with van der Waals surface area (Å²) < 4.78 is 6.27. The van der Waals surface area contributed by atoms with Crippen LogP contribution in [-0.4, -0.2) is 66.6 Å². The summed E-state index contributed by atoms with van der Waals surface area (Å²) in [6.07, 6.45) is -6.08. The maximum Gasteiger partial charge on any atom is 0.271 e. The predicted octanol–water partition coefficient (Wildman–Crippen LogP) is -3.64. The lowest BCUT2D eigenvalue weighted by Gasteiger charge is -2.38. The van der Waals surface area contributed by atoms with E-state index in [0.717, 1.165) is 0 Å². The van der Waals surface area contributed by atoms with Gasteiger partial charge in [-0.2, -0.15) is 0 Å². The number of aromatic nitrogens is 2. The number of imidazole rings is 1. The molecule has 0 spiro atoms. The number of aliphatic hydroxyl groups excluding tert-OH is 4. The number of hydrogen-bond donors (Lipinski definition) is 6. The standard InChI is InChI=1S/C10H16N4O6/c11-8-4(9(12)18)13-2-14(8)1-3-5(15)6(16)7(17)10(19)20-3/h2-3,5-7,10,15-17,19H,1,11H2,(H2,12,18)/t3-,5+,6+,7-,10?/m1/s1. The molecule has 2 heterocycles. The zero-order valence-corrected chi connectivity index (χ0v) is 10.3. The molecule has 0 saturated carbocycles. The monoisotopic (exact) mass is 288 g/mol. The van der Waals surface area contributed by atoms with E-state index < -0.39 is 36.6 Å². The van der Waals surface area contributed by atoms with Crippen molar-refractivity contribution in [3.8, 4) is 0 Å². The molecule has 2 rings (SSSR count). The fourth-order valence-corrected chi connectivity index (χ4v) is 2.00. The Kier molecular flexibility index (Phi) is 3.92. The Hall–Kier alpha value is -1.72. The summed E-state index contributed by atoms with van der Waals surface area (Å²) in [4.78, 5) is 14.7. The van der Waals surface area contributed by atoms with E-state index in [1.165, 1.54) is 10.9 Å². The van der Waals surface area contributed by atoms with Crippen LogP contribution in [-0.2, 0) is 11.3 Å². The predicted molar refractivity (Wildman–Crippen MR) is 64.1 cm³/mol. The van der Waals surface area contributed by atoms with Crippen molar-refractivity contribution in [1.82, 2.24) is 9.55 Å². The van der Waals surface area contributed by atoms with Gasteiger partial charge in [-0.1, -0.05) is 0 Å². The number of nitrogens with two attached hydrogens (primary N) is 2. The number of carbonyl (C=O) groups is 1. The molecule has 0 aliphatic carbocycles. The molecule has 1 aromatic heterocycles. The molecule has 0 radical (unpaired) electrons. The number of rotatable bonds is 3. The highest BCUT2D eigenvalue weighted by Crippen LogP contribution is 2.22. The Labute approximate surface area is 113 Å². The van der Waals surface area contributed by atoms with Gasteiger partial charge >= 0.3 is 0 Å². The maximum absolute atomic E-state index is 11.0. The number of nitrogens with zero attached hydrogens (tertiary/aromatic N) is 2. The van der Waals surface area contributed by atoms with Crippen LogP contribution in [0.5, 0.6) is 0 Å². The van der Waals surface area contributed by atoms with Crippen molar-refractivity contribution in [1.29, 1.82) is 0 Å². The Morgan fingerprint density at radius 3 is 2.50 bits per heavy atom. The maximum atomic E-state index is 11.0. The van der Waals surface area contributed by atoms with Crippen molar-refractivity contribution in [2.75, 3.05) is 5.73 Å². The van der Waals surface area contributed by atoms with Gasteiger partial charge in [0.1, 0.15) is 30.2 Å². The van der Waals surface area contributed by atoms with Crippen LogP contribution in [0.1, 0.15) is 10.5 Å². The Morgan fingerprint density at radius 2 is 1.95 bits per heavy atom. The number of primary amides is 1. The smallest absolute Gasteiger partial charge is 0.271 e. The minimum absolute atomic E-state index is 0.0246. The van der Waals surface area contributed by atoms with E-state index in [9.17, 15) is 25.2 Å². The number of hydrogen-bond acceptors (Lipinski definition) is 8. The Bertz CT molecular complexity index is 506. The van der Waals surface area contributed by atoms with Crippen molar-refractivity contribution >= 4 is 11.7 Å². The van der Waals surface area contributed by atoms with Crippen LogP contribution in [0.25, 0.3) is 0 Å². The van der Waals surface area contributed by atoms with E-state index in [1.54, 1.807) is 0 Å². The molecule has 0 aromatic carbocycles. The van der Waals surface area contributed by atoms with Gasteiger partial charge in [-0.15, -0.1) is 0 Å². The summed E-state index contributed by atoms with van der Waals surface area (Å²) in [5.74, 6) is -0.828. The molecule has 10 heteroatoms. The highest BCUT2D eigenvalue weighted by Gasteiger charge is 2.43. The second-order valence-electron chi connectivity index (χ2n) is 4.53. The molecule has 1 saturated heterocycles. The van der Waals surface area contributed by atoms with Gasteiger partial charge in [0.15, 0.2) is 12.0 Å². The van der Waals surface area contributed by atoms with Gasteiger partial charge < -0.3 is 41.2 Å². The Morgan fingerprint density at radius 1 is 1.30 bits per heavy atom. The number of nitrogen functional groups attached to an aromatic ring is 1. The molecule has 10 nitrogen and oxygen atoms in total. The van der Waals surface area contributed by atoms with Crippen molar-refractivity contribution < 1.29 is 30.0 Å². The van der Waals surface area contributed by atoms with E-state index in [-0.39, 0.29) is 18.1 Å². The average Bonchev–Trinajstić information content (AvgIpc) is 2.75. The van der Waals surface area contributed by atoms with Gasteiger partial charge in [0, 0.05) is 0 Å². The molecule has 1 aromatic rings. The molecule has 1 aliphatic heterocycles. The SMILES string of the molecule is NC(=O)c1ncn(C[C@H]2OC(O)[C@H](O)[C@@H](O)[C@H]2O)c1N. The molecule has 1 fully saturated rings. The molecule has 5 atom stereocenters. The highest BCUT2D eigenvalue weighted by atomic mass is 16.6. The first-order valence-electron chi connectivity index (χ1n) is 5.81. The minimum Gasteiger partial charge on any atom is -0.388 e. The number of amides is 1. The quantitative estimate of drug-likeness (QED) is 0.330. The normalized spacial score (nSPS) is 34.1. The van der Waals surface area contributed by atoms with E-state index in [4.69, 9.17) is 16.2 Å². The van der Waals surface area contributed by atoms with Crippen LogP contribution in [0.15, 0.2) is 6.33 Å². The van der Waals surface area contributed by atoms with Gasteiger partial charge in [0.25, 0.3) is 5.91 Å². The van der Waals surface area contributed by atoms with Crippen molar-refractivity contribution in [3.63, 3.8) is 0 Å². The van der Waals surface area contributed by atoms with E-state index in [0.29, 0.717) is 0 Å². The van der Waals surface area contributed by atoms with Crippen LogP contribution >= 0.6 is 0 Å². The Balaban J connectivity index is 2.15. The van der Waals surface area contributed by atoms with Gasteiger partial charge in [-0.3, -0.25) is 4.79 Å². The molecule has 1 amide bonds. The summed E-state index contributed by atoms with van der Waals surface area (Å²) in [5.41, 5.74) is 10.6. The molecule has 8 N–H and O–H groups in total. The number of aliphatic hydroxyl groups is 4. The lowest BCUT2D eigenvalue weighted by Crippen LogP contribution is -2.58. The molecule has 1 aliphatic rings. The summed E-state index contributed by atoms with van der Waals surface area (Å²) in [5, 5.41) is 38.1. The zero-order chi connectivity index (χ0) is 15.0. The molecule has 112 valence electrons. The second kappa shape index (κ2) is 5.34. The summed E-state index contributed by atoms with van der Waals surface area (Å²) in [6, 6.07) is 0. The number of ether oxygens (including phenoxy) is 1. The van der Waals surface area contributed by atoms with Gasteiger partial charge in [-0.25, -0.2) is 4.98 Å². The van der Waals surface area contributed by atoms with E-state index >= 15 is 0 Å². The van der Waals surface area contributed by atoms with E-state index in [2.05, 4.69) is 4.98 Å². The van der Waals surface area contributed by atoms with Gasteiger partial charge in [0.2, 0.25) is 0 Å². The first-order chi connectivity index (χ1) is 9.32. The van der Waals surface area contributed by atoms with Crippen LogP contribution in [0.2, 0.25) is 0 Å². The first kappa shape index (κ1) is 14.7. The van der Waals surface area contributed by atoms with Gasteiger partial charge in [-0.05, 0) is 0 Å². The van der Waals surface area contributed by atoms with Crippen molar-refractivity contribution in [2.45, 2.75) is 37.3 Å². The summed E-state index contributed by atoms with van der Waals surface area (Å²) in [7, 11) is 0. The van der Waals surface area contributed by atoms with Crippen LogP contribution < -0.4 is 11.5 Å². The van der Waals surface area contributed by atoms with Crippen LogP contribution in [0, 0.1) is 0 Å². The second-order valence-corrected chi connectivity index (χ2v) is 4.53. The zero-order valence-electron chi connectivity index (χ0n) is 10.3. The van der Waals surface area contributed by atoms with Crippen LogP contribution in [0.3, 0.4) is 0 Å². The first-order valence-corrected chi connectivity index (χ1v) is 5.81. The third kappa shape index (κ3) is 2.46. The molecule has 0 bridgehead atoms. The number of anilines is 1. The third-order valence-corrected chi connectivity index (χ3v) is 3.18. The molecule has 1 unspecified atom stereocenters. The largest absolute Gasteiger partial charge is 0.388 e. The lowest BCUT2D eigenvalue weighted by molar-refractivity contribution is -0.283. The molecular weight excluding hydrogens is 272 g/mol. The van der Waals surface area contributed by atoms with Crippen molar-refractivity contribution in [3.05, 3.63) is 12.0 Å². The van der Waals surface area contributed by atoms with E-state index in [1.807, 2.05) is 0 Å². The fourth-order valence-electron chi connectivity index (χ4n) is 2.00. The lowest BCUT2D eigenvalue weighted by atomic mass is 9.99. The average molecular weight is 288 g/mol. The fraction of sp³-hybridized carbons (Fsp3) is 0.600. The molecular formula is C10H16N4O6. The highest BCUT2D eigenvalue weighted by molar-refractivity contribution is 5.95. The molecule has 20 heavy (non-hydrogen) atoms. The third-order valence-electron chi connectivity index (χ3n) is 3.18. The minimum atomic E-state index is -1.64. The summed E-state index contributed by atoms with van der Waals surface area (Å²) in [6.45, 7) is -0.0892. The number of carbonyl (C=O) groups excluding carboxylic acids is 1. The van der Waals surface area contributed by atoms with Crippen LogP contribution in [0.4, 0.5) is 5.82 Å². The topological polar surface area (TPSA) is 177 Å². The van der Waals surface area contributed by atoms with Gasteiger partial charge in [0.05, 0.1) is 12.9 Å². The summed E-state index contributed by atoms with van der Waals surface area (Å²) >= 11 is 0. The van der Waals surface area contributed by atoms with Crippen molar-refractivity contribution in [2.24, 2.45) is 5.73 Å².